The van der Waals surface area contributed by atoms with Crippen LogP contribution in [0.1, 0.15) is 6.92 Å². The number of hydrogen-bond donors (Lipinski definition) is 1. The van der Waals surface area contributed by atoms with Crippen LogP contribution in [0, 0.1) is 0 Å². The number of hydrogen-bond acceptors (Lipinski definition) is 7. The second kappa shape index (κ2) is 10.0. The van der Waals surface area contributed by atoms with Crippen LogP contribution in [0.4, 0.5) is 5.69 Å². The van der Waals surface area contributed by atoms with Crippen molar-refractivity contribution in [3.63, 3.8) is 0 Å². The van der Waals surface area contributed by atoms with E-state index in [1.165, 1.54) is 28.0 Å². The molecule has 2 amide bonds. The topological polar surface area (TPSA) is 75.2 Å². The van der Waals surface area contributed by atoms with Crippen LogP contribution >= 0.6 is 46.5 Å². The SMILES string of the molecule is CCSc1nnc(SCC(=O)N(C)CC(=O)Nc2ccccc2Cl)s1. The van der Waals surface area contributed by atoms with Crippen molar-refractivity contribution in [2.45, 2.75) is 15.6 Å². The average molecular weight is 417 g/mol. The highest BCUT2D eigenvalue weighted by Crippen LogP contribution is 2.28. The van der Waals surface area contributed by atoms with Crippen LogP contribution in [-0.4, -0.2) is 52.0 Å². The number of likely N-dealkylation sites (N-methyl/N-ethyl adjacent to an activating group) is 1. The van der Waals surface area contributed by atoms with E-state index in [4.69, 9.17) is 11.6 Å². The van der Waals surface area contributed by atoms with E-state index in [1.54, 1.807) is 43.1 Å². The molecule has 0 unspecified atom stereocenters. The van der Waals surface area contributed by atoms with Gasteiger partial charge in [0.15, 0.2) is 8.68 Å². The van der Waals surface area contributed by atoms with Crippen LogP contribution in [-0.2, 0) is 9.59 Å². The summed E-state index contributed by atoms with van der Waals surface area (Å²) in [5.74, 6) is 0.689. The summed E-state index contributed by atoms with van der Waals surface area (Å²) in [6.07, 6.45) is 0. The number of amides is 2. The summed E-state index contributed by atoms with van der Waals surface area (Å²) in [5.41, 5.74) is 0.527. The Hall–Kier alpha value is -1.29. The number of carbonyl (C=O) groups is 2. The summed E-state index contributed by atoms with van der Waals surface area (Å²) in [5, 5.41) is 11.2. The normalized spacial score (nSPS) is 10.5. The van der Waals surface area contributed by atoms with Gasteiger partial charge in [-0.15, -0.1) is 10.2 Å². The zero-order valence-electron chi connectivity index (χ0n) is 13.7. The predicted octanol–water partition coefficient (Wildman–Crippen LogP) is 3.49. The Morgan fingerprint density at radius 3 is 2.60 bits per heavy atom. The zero-order valence-corrected chi connectivity index (χ0v) is 16.9. The van der Waals surface area contributed by atoms with Crippen LogP contribution in [0.2, 0.25) is 5.02 Å². The van der Waals surface area contributed by atoms with Gasteiger partial charge in [-0.25, -0.2) is 0 Å². The summed E-state index contributed by atoms with van der Waals surface area (Å²) in [6, 6.07) is 6.96. The van der Waals surface area contributed by atoms with Gasteiger partial charge in [-0.2, -0.15) is 0 Å². The van der Waals surface area contributed by atoms with E-state index < -0.39 is 0 Å². The molecule has 0 saturated carbocycles. The Morgan fingerprint density at radius 2 is 1.92 bits per heavy atom. The van der Waals surface area contributed by atoms with Crippen molar-refractivity contribution in [2.75, 3.05) is 30.4 Å². The van der Waals surface area contributed by atoms with Crippen molar-refractivity contribution < 1.29 is 9.59 Å². The molecule has 1 aromatic heterocycles. The number of rotatable bonds is 8. The van der Waals surface area contributed by atoms with Gasteiger partial charge < -0.3 is 10.2 Å². The third-order valence-corrected chi connectivity index (χ3v) is 6.32. The lowest BCUT2D eigenvalue weighted by Gasteiger charge is -2.16. The standard InChI is InChI=1S/C15H17ClN4O2S3/c1-3-23-14-18-19-15(25-14)24-9-13(22)20(2)8-12(21)17-11-7-5-4-6-10(11)16/h4-7H,3,8-9H2,1-2H3,(H,17,21). The number of nitrogens with one attached hydrogen (secondary N) is 1. The van der Waals surface area contributed by atoms with Gasteiger partial charge in [-0.1, -0.05) is 65.5 Å². The number of nitrogens with zero attached hydrogens (tertiary/aromatic N) is 3. The lowest BCUT2D eigenvalue weighted by molar-refractivity contribution is -0.131. The molecule has 1 N–H and O–H groups in total. The number of anilines is 1. The zero-order chi connectivity index (χ0) is 18.2. The quantitative estimate of drug-likeness (QED) is 0.664. The fourth-order valence-electron chi connectivity index (χ4n) is 1.73. The van der Waals surface area contributed by atoms with Crippen LogP contribution in [0.25, 0.3) is 0 Å². The van der Waals surface area contributed by atoms with Crippen molar-refractivity contribution in [3.8, 4) is 0 Å². The van der Waals surface area contributed by atoms with Gasteiger partial charge in [0.25, 0.3) is 0 Å². The summed E-state index contributed by atoms with van der Waals surface area (Å²) in [7, 11) is 1.59. The number of aromatic nitrogens is 2. The first-order valence-electron chi connectivity index (χ1n) is 7.37. The number of benzene rings is 1. The molecule has 0 radical (unpaired) electrons. The molecule has 1 aromatic carbocycles. The molecular weight excluding hydrogens is 400 g/mol. The van der Waals surface area contributed by atoms with Crippen LogP contribution in [0.3, 0.4) is 0 Å². The fourth-order valence-corrected chi connectivity index (χ4v) is 4.77. The van der Waals surface area contributed by atoms with Crippen molar-refractivity contribution in [1.82, 2.24) is 15.1 Å². The number of halogens is 1. The molecule has 6 nitrogen and oxygen atoms in total. The molecule has 0 fully saturated rings. The Bertz CT molecular complexity index is 741. The summed E-state index contributed by atoms with van der Waals surface area (Å²) in [4.78, 5) is 25.6. The Balaban J connectivity index is 1.79. The van der Waals surface area contributed by atoms with Gasteiger partial charge in [0.2, 0.25) is 11.8 Å². The average Bonchev–Trinajstić information content (AvgIpc) is 3.02. The monoisotopic (exact) mass is 416 g/mol. The second-order valence-corrected chi connectivity index (χ2v) is 8.95. The first kappa shape index (κ1) is 20.0. The van der Waals surface area contributed by atoms with E-state index in [0.29, 0.717) is 10.7 Å². The molecule has 0 bridgehead atoms. The molecule has 1 heterocycles. The van der Waals surface area contributed by atoms with Crippen LogP contribution in [0.5, 0.6) is 0 Å². The minimum atomic E-state index is -0.300. The maximum Gasteiger partial charge on any atom is 0.244 e. The third kappa shape index (κ3) is 6.50. The Labute approximate surface area is 163 Å². The van der Waals surface area contributed by atoms with Gasteiger partial charge in [0.05, 0.1) is 23.0 Å². The minimum absolute atomic E-state index is 0.0440. The van der Waals surface area contributed by atoms with E-state index in [2.05, 4.69) is 15.5 Å². The molecule has 0 aliphatic rings. The summed E-state index contributed by atoms with van der Waals surface area (Å²) >= 11 is 10.4. The van der Waals surface area contributed by atoms with Gasteiger partial charge in [-0.05, 0) is 17.9 Å². The molecular formula is C15H17ClN4O2S3. The Kier molecular flexibility index (Phi) is 8.01. The van der Waals surface area contributed by atoms with Gasteiger partial charge in [-0.3, -0.25) is 9.59 Å². The second-order valence-electron chi connectivity index (χ2n) is 4.83. The molecule has 0 spiro atoms. The number of para-hydroxylation sites is 1. The molecule has 134 valence electrons. The van der Waals surface area contributed by atoms with Crippen LogP contribution < -0.4 is 5.32 Å². The van der Waals surface area contributed by atoms with E-state index in [-0.39, 0.29) is 24.1 Å². The summed E-state index contributed by atoms with van der Waals surface area (Å²) < 4.78 is 1.64. The van der Waals surface area contributed by atoms with Crippen molar-refractivity contribution in [1.29, 1.82) is 0 Å². The van der Waals surface area contributed by atoms with Gasteiger partial charge >= 0.3 is 0 Å². The molecule has 10 heteroatoms. The largest absolute Gasteiger partial charge is 0.336 e. The highest BCUT2D eigenvalue weighted by molar-refractivity contribution is 8.03. The first-order valence-corrected chi connectivity index (χ1v) is 10.5. The third-order valence-electron chi connectivity index (χ3n) is 2.93. The Morgan fingerprint density at radius 1 is 1.24 bits per heavy atom. The first-order chi connectivity index (χ1) is 12.0. The minimum Gasteiger partial charge on any atom is -0.336 e. The van der Waals surface area contributed by atoms with Gasteiger partial charge in [0, 0.05) is 7.05 Å². The summed E-state index contributed by atoms with van der Waals surface area (Å²) in [6.45, 7) is 2.00. The molecule has 0 atom stereocenters. The van der Waals surface area contributed by atoms with E-state index in [9.17, 15) is 9.59 Å². The van der Waals surface area contributed by atoms with E-state index >= 15 is 0 Å². The smallest absolute Gasteiger partial charge is 0.244 e. The number of carbonyl (C=O) groups excluding carboxylic acids is 2. The molecule has 25 heavy (non-hydrogen) atoms. The van der Waals surface area contributed by atoms with Crippen LogP contribution in [0.15, 0.2) is 32.9 Å². The number of thioether (sulfide) groups is 2. The van der Waals surface area contributed by atoms with Crippen molar-refractivity contribution in [3.05, 3.63) is 29.3 Å². The highest BCUT2D eigenvalue weighted by atomic mass is 35.5. The molecule has 2 aromatic rings. The predicted molar refractivity (Wildman–Crippen MR) is 105 cm³/mol. The molecule has 0 saturated heterocycles. The fraction of sp³-hybridized carbons (Fsp3) is 0.333. The maximum absolute atomic E-state index is 12.2. The lowest BCUT2D eigenvalue weighted by Crippen LogP contribution is -2.36. The van der Waals surface area contributed by atoms with Crippen molar-refractivity contribution >= 4 is 64.0 Å². The lowest BCUT2D eigenvalue weighted by atomic mass is 10.3. The molecule has 0 aliphatic heterocycles. The van der Waals surface area contributed by atoms with Gasteiger partial charge in [0.1, 0.15) is 0 Å². The highest BCUT2D eigenvalue weighted by Gasteiger charge is 2.15. The molecule has 0 aliphatic carbocycles. The van der Waals surface area contributed by atoms with E-state index in [1.807, 2.05) is 6.92 Å². The molecule has 2 rings (SSSR count). The van der Waals surface area contributed by atoms with Crippen molar-refractivity contribution in [2.24, 2.45) is 0 Å². The van der Waals surface area contributed by atoms with E-state index in [0.717, 1.165) is 14.4 Å². The maximum atomic E-state index is 12.2.